The van der Waals surface area contributed by atoms with Gasteiger partial charge in [0.25, 0.3) is 0 Å². The molecule has 1 N–H and O–H groups in total. The van der Waals surface area contributed by atoms with Crippen molar-refractivity contribution in [2.45, 2.75) is 25.5 Å². The Morgan fingerprint density at radius 3 is 1.46 bits per heavy atom. The number of hydrogen-bond donors (Lipinski definition) is 1. The molecule has 0 spiro atoms. The van der Waals surface area contributed by atoms with E-state index < -0.39 is 5.60 Å². The summed E-state index contributed by atoms with van der Waals surface area (Å²) in [6.07, 6.45) is 0. The average Bonchev–Trinajstić information content (AvgIpc) is 2.73. The fraction of sp³-hybridized carbons (Fsp3) is 0.250. The van der Waals surface area contributed by atoms with Gasteiger partial charge < -0.3 is 5.11 Å². The van der Waals surface area contributed by atoms with E-state index in [4.69, 9.17) is 0 Å². The van der Waals surface area contributed by atoms with Gasteiger partial charge in [0.15, 0.2) is 0 Å². The van der Waals surface area contributed by atoms with Crippen LogP contribution in [0.5, 0.6) is 0 Å². The van der Waals surface area contributed by atoms with Crippen molar-refractivity contribution in [1.29, 1.82) is 0 Å². The van der Waals surface area contributed by atoms with Gasteiger partial charge in [0.1, 0.15) is 5.60 Å². The van der Waals surface area contributed by atoms with Gasteiger partial charge in [0.2, 0.25) is 0 Å². The zero-order chi connectivity index (χ0) is 18.4. The Morgan fingerprint density at radius 2 is 1.08 bits per heavy atom. The number of likely N-dealkylation sites (N-methyl/N-ethyl adjacent to an activating group) is 1. The maximum Gasteiger partial charge on any atom is 0.134 e. The van der Waals surface area contributed by atoms with Crippen LogP contribution in [0.1, 0.15) is 36.6 Å². The summed E-state index contributed by atoms with van der Waals surface area (Å²) in [7, 11) is 0. The van der Waals surface area contributed by atoms with Crippen molar-refractivity contribution < 1.29 is 5.11 Å². The van der Waals surface area contributed by atoms with E-state index in [1.807, 2.05) is 78.9 Å². The van der Waals surface area contributed by atoms with Gasteiger partial charge in [0.05, 0.1) is 6.04 Å². The minimum Gasteiger partial charge on any atom is -0.378 e. The van der Waals surface area contributed by atoms with Crippen molar-refractivity contribution in [3.05, 3.63) is 108 Å². The summed E-state index contributed by atoms with van der Waals surface area (Å²) in [5, 5.41) is 12.3. The molecule has 26 heavy (non-hydrogen) atoms. The first kappa shape index (κ1) is 18.4. The molecule has 0 aliphatic heterocycles. The summed E-state index contributed by atoms with van der Waals surface area (Å²) in [6, 6.07) is 30.2. The number of hydrogen-bond acceptors (Lipinski definition) is 2. The fourth-order valence-electron chi connectivity index (χ4n) is 3.81. The van der Waals surface area contributed by atoms with Crippen molar-refractivity contribution in [3.8, 4) is 0 Å². The Bertz CT molecular complexity index is 743. The second-order valence-corrected chi connectivity index (χ2v) is 6.53. The van der Waals surface area contributed by atoms with E-state index in [-0.39, 0.29) is 6.04 Å². The van der Waals surface area contributed by atoms with Crippen LogP contribution in [0.3, 0.4) is 0 Å². The standard InChI is InChI=1S/C24H27NO/c1-3-25(4-2)23(20-14-8-5-9-15-20)24(26,21-16-10-6-11-17-21)22-18-12-7-13-19-22/h5-19,23,26H,3-4H2,1-2H3/t23-/m1/s1. The van der Waals surface area contributed by atoms with E-state index in [1.54, 1.807) is 0 Å². The van der Waals surface area contributed by atoms with Gasteiger partial charge in [-0.1, -0.05) is 105 Å². The highest BCUT2D eigenvalue weighted by molar-refractivity contribution is 5.41. The van der Waals surface area contributed by atoms with Crippen molar-refractivity contribution in [3.63, 3.8) is 0 Å². The van der Waals surface area contributed by atoms with Crippen molar-refractivity contribution in [1.82, 2.24) is 4.90 Å². The van der Waals surface area contributed by atoms with Crippen LogP contribution in [0.4, 0.5) is 0 Å². The van der Waals surface area contributed by atoms with Gasteiger partial charge in [-0.05, 0) is 29.8 Å². The molecule has 0 saturated heterocycles. The van der Waals surface area contributed by atoms with Gasteiger partial charge in [-0.3, -0.25) is 4.90 Å². The first-order valence-electron chi connectivity index (χ1n) is 9.34. The Hall–Kier alpha value is -2.42. The van der Waals surface area contributed by atoms with Gasteiger partial charge in [0, 0.05) is 0 Å². The Balaban J connectivity index is 2.26. The molecule has 0 fully saturated rings. The number of nitrogens with zero attached hydrogens (tertiary/aromatic N) is 1. The number of rotatable bonds is 7. The predicted octanol–water partition coefficient (Wildman–Crippen LogP) is 5.01. The van der Waals surface area contributed by atoms with Gasteiger partial charge in [-0.2, -0.15) is 0 Å². The van der Waals surface area contributed by atoms with Crippen LogP contribution >= 0.6 is 0 Å². The molecular formula is C24H27NO. The Labute approximate surface area is 156 Å². The van der Waals surface area contributed by atoms with Crippen LogP contribution in [0.2, 0.25) is 0 Å². The van der Waals surface area contributed by atoms with E-state index in [1.165, 1.54) is 0 Å². The average molecular weight is 345 g/mol. The molecule has 3 rings (SSSR count). The second-order valence-electron chi connectivity index (χ2n) is 6.53. The second kappa shape index (κ2) is 8.31. The molecule has 0 saturated carbocycles. The summed E-state index contributed by atoms with van der Waals surface area (Å²) in [6.45, 7) is 6.02. The highest BCUT2D eigenvalue weighted by Gasteiger charge is 2.43. The van der Waals surface area contributed by atoms with Crippen LogP contribution in [0, 0.1) is 0 Å². The molecule has 0 heterocycles. The first-order chi connectivity index (χ1) is 12.7. The molecule has 2 heteroatoms. The Morgan fingerprint density at radius 1 is 0.692 bits per heavy atom. The van der Waals surface area contributed by atoms with Gasteiger partial charge >= 0.3 is 0 Å². The molecule has 1 atom stereocenters. The molecule has 134 valence electrons. The van der Waals surface area contributed by atoms with E-state index in [0.717, 1.165) is 29.8 Å². The van der Waals surface area contributed by atoms with Gasteiger partial charge in [-0.15, -0.1) is 0 Å². The monoisotopic (exact) mass is 345 g/mol. The zero-order valence-electron chi connectivity index (χ0n) is 15.5. The summed E-state index contributed by atoms with van der Waals surface area (Å²) < 4.78 is 0. The summed E-state index contributed by atoms with van der Waals surface area (Å²) in [5.41, 5.74) is 1.79. The molecule has 3 aromatic carbocycles. The first-order valence-corrected chi connectivity index (χ1v) is 9.34. The molecule has 3 aromatic rings. The topological polar surface area (TPSA) is 23.5 Å². The lowest BCUT2D eigenvalue weighted by molar-refractivity contribution is -0.0199. The lowest BCUT2D eigenvalue weighted by Crippen LogP contribution is -2.45. The molecular weight excluding hydrogens is 318 g/mol. The van der Waals surface area contributed by atoms with E-state index in [2.05, 4.69) is 30.9 Å². The van der Waals surface area contributed by atoms with Crippen LogP contribution in [0.15, 0.2) is 91.0 Å². The molecule has 0 aliphatic rings. The smallest absolute Gasteiger partial charge is 0.134 e. The lowest BCUT2D eigenvalue weighted by atomic mass is 9.76. The number of benzene rings is 3. The number of aliphatic hydroxyl groups is 1. The molecule has 0 aliphatic carbocycles. The third-order valence-corrected chi connectivity index (χ3v) is 5.12. The Kier molecular flexibility index (Phi) is 5.87. The van der Waals surface area contributed by atoms with Crippen LogP contribution in [-0.4, -0.2) is 23.1 Å². The van der Waals surface area contributed by atoms with Crippen molar-refractivity contribution in [2.75, 3.05) is 13.1 Å². The minimum absolute atomic E-state index is 0.177. The third kappa shape index (κ3) is 3.44. The van der Waals surface area contributed by atoms with E-state index in [0.29, 0.717) is 0 Å². The molecule has 0 aromatic heterocycles. The lowest BCUT2D eigenvalue weighted by Gasteiger charge is -2.43. The molecule has 0 amide bonds. The maximum absolute atomic E-state index is 12.3. The predicted molar refractivity (Wildman–Crippen MR) is 108 cm³/mol. The summed E-state index contributed by atoms with van der Waals surface area (Å²) in [5.74, 6) is 0. The third-order valence-electron chi connectivity index (χ3n) is 5.12. The quantitative estimate of drug-likeness (QED) is 0.651. The van der Waals surface area contributed by atoms with Crippen LogP contribution < -0.4 is 0 Å². The summed E-state index contributed by atoms with van der Waals surface area (Å²) in [4.78, 5) is 2.33. The fourth-order valence-corrected chi connectivity index (χ4v) is 3.81. The largest absolute Gasteiger partial charge is 0.378 e. The molecule has 0 bridgehead atoms. The minimum atomic E-state index is -1.14. The molecule has 0 unspecified atom stereocenters. The van der Waals surface area contributed by atoms with Crippen molar-refractivity contribution >= 4 is 0 Å². The molecule has 2 nitrogen and oxygen atoms in total. The summed E-state index contributed by atoms with van der Waals surface area (Å²) >= 11 is 0. The highest BCUT2D eigenvalue weighted by Crippen LogP contribution is 2.44. The SMILES string of the molecule is CCN(CC)[C@H](c1ccccc1)C(O)(c1ccccc1)c1ccccc1. The normalized spacial score (nSPS) is 12.9. The van der Waals surface area contributed by atoms with Crippen LogP contribution in [-0.2, 0) is 5.60 Å². The van der Waals surface area contributed by atoms with E-state index in [9.17, 15) is 5.11 Å². The van der Waals surface area contributed by atoms with E-state index >= 15 is 0 Å². The zero-order valence-corrected chi connectivity index (χ0v) is 15.5. The van der Waals surface area contributed by atoms with Gasteiger partial charge in [-0.25, -0.2) is 0 Å². The van der Waals surface area contributed by atoms with Crippen molar-refractivity contribution in [2.24, 2.45) is 0 Å². The maximum atomic E-state index is 12.3. The molecule has 0 radical (unpaired) electrons. The van der Waals surface area contributed by atoms with Crippen LogP contribution in [0.25, 0.3) is 0 Å². The highest BCUT2D eigenvalue weighted by atomic mass is 16.3.